The normalized spacial score (nSPS) is 13.5. The number of benzene rings is 1. The summed E-state index contributed by atoms with van der Waals surface area (Å²) < 4.78 is 21.3. The second-order valence-corrected chi connectivity index (χ2v) is 6.62. The van der Waals surface area contributed by atoms with Crippen molar-refractivity contribution in [1.82, 2.24) is 4.98 Å². The molecular formula is C21H23NO7. The van der Waals surface area contributed by atoms with Gasteiger partial charge in [0.15, 0.2) is 17.6 Å². The van der Waals surface area contributed by atoms with E-state index in [0.29, 0.717) is 41.5 Å². The predicted octanol–water partition coefficient (Wildman–Crippen LogP) is 3.01. The van der Waals surface area contributed by atoms with Crippen LogP contribution in [0.5, 0.6) is 11.5 Å². The van der Waals surface area contributed by atoms with E-state index in [1.807, 2.05) is 0 Å². The van der Waals surface area contributed by atoms with Crippen molar-refractivity contribution in [2.45, 2.75) is 33.8 Å². The highest BCUT2D eigenvalue weighted by molar-refractivity contribution is 6.04. The zero-order chi connectivity index (χ0) is 21.1. The predicted molar refractivity (Wildman–Crippen MR) is 103 cm³/mol. The molecule has 0 fully saturated rings. The molecular weight excluding hydrogens is 378 g/mol. The fraction of sp³-hybridized carbons (Fsp3) is 0.381. The number of carbonyl (C=O) groups is 3. The van der Waals surface area contributed by atoms with Gasteiger partial charge >= 0.3 is 11.9 Å². The lowest BCUT2D eigenvalue weighted by Crippen LogP contribution is -2.25. The minimum absolute atomic E-state index is 0.216. The number of aromatic nitrogens is 1. The summed E-state index contributed by atoms with van der Waals surface area (Å²) in [7, 11) is 0. The summed E-state index contributed by atoms with van der Waals surface area (Å²) in [5.41, 5.74) is 1.77. The average Bonchev–Trinajstić information content (AvgIpc) is 3.01. The van der Waals surface area contributed by atoms with Crippen LogP contribution in [0.15, 0.2) is 18.2 Å². The largest absolute Gasteiger partial charge is 0.486 e. The molecule has 1 N–H and O–H groups in total. The maximum Gasteiger partial charge on any atom is 0.340 e. The van der Waals surface area contributed by atoms with Crippen LogP contribution in [0.25, 0.3) is 0 Å². The summed E-state index contributed by atoms with van der Waals surface area (Å²) in [5, 5.41) is 0. The van der Waals surface area contributed by atoms with Gasteiger partial charge in [0, 0.05) is 5.69 Å². The van der Waals surface area contributed by atoms with Gasteiger partial charge in [-0.05, 0) is 51.5 Å². The van der Waals surface area contributed by atoms with Gasteiger partial charge in [0.1, 0.15) is 13.2 Å². The molecule has 0 unspecified atom stereocenters. The smallest absolute Gasteiger partial charge is 0.340 e. The fourth-order valence-electron chi connectivity index (χ4n) is 3.16. The first-order chi connectivity index (χ1) is 13.8. The van der Waals surface area contributed by atoms with Crippen LogP contribution in [0.4, 0.5) is 0 Å². The van der Waals surface area contributed by atoms with Crippen molar-refractivity contribution in [3.8, 4) is 11.5 Å². The number of fused-ring (bicyclic) bond motifs is 1. The van der Waals surface area contributed by atoms with Crippen molar-refractivity contribution in [3.63, 3.8) is 0 Å². The molecule has 8 heteroatoms. The van der Waals surface area contributed by atoms with Crippen LogP contribution in [0.2, 0.25) is 0 Å². The van der Waals surface area contributed by atoms with Crippen LogP contribution in [-0.4, -0.2) is 48.6 Å². The van der Waals surface area contributed by atoms with Crippen molar-refractivity contribution in [3.05, 3.63) is 46.3 Å². The number of H-pyrrole nitrogens is 1. The van der Waals surface area contributed by atoms with Gasteiger partial charge in [-0.25, -0.2) is 9.59 Å². The second kappa shape index (κ2) is 8.38. The first-order valence-corrected chi connectivity index (χ1v) is 9.34. The minimum Gasteiger partial charge on any atom is -0.486 e. The maximum atomic E-state index is 12.8. The molecule has 154 valence electrons. The van der Waals surface area contributed by atoms with E-state index in [1.165, 1.54) is 13.0 Å². The molecule has 1 aromatic carbocycles. The first kappa shape index (κ1) is 20.4. The first-order valence-electron chi connectivity index (χ1n) is 9.34. The van der Waals surface area contributed by atoms with E-state index in [-0.39, 0.29) is 17.9 Å². The fourth-order valence-corrected chi connectivity index (χ4v) is 3.16. The summed E-state index contributed by atoms with van der Waals surface area (Å²) in [6.45, 7) is 7.61. The summed E-state index contributed by atoms with van der Waals surface area (Å²) in [6, 6.07) is 4.70. The Bertz CT molecular complexity index is 960. The number of nitrogens with one attached hydrogen (secondary N) is 1. The molecule has 0 saturated heterocycles. The summed E-state index contributed by atoms with van der Waals surface area (Å²) in [4.78, 5) is 40.3. The van der Waals surface area contributed by atoms with Crippen LogP contribution in [0.1, 0.15) is 56.3 Å². The van der Waals surface area contributed by atoms with Gasteiger partial charge in [-0.15, -0.1) is 0 Å². The van der Waals surface area contributed by atoms with Gasteiger partial charge in [-0.1, -0.05) is 0 Å². The Balaban J connectivity index is 1.75. The highest BCUT2D eigenvalue weighted by Gasteiger charge is 2.28. The standard InChI is InChI=1S/C21H23NO7/c1-5-26-21(25)17-11(2)18(22-12(17)3)19(23)13(4)29-20(24)14-6-7-15-16(10-14)28-9-8-27-15/h6-7,10,13,22H,5,8-9H2,1-4H3/t13-/m0/s1. The van der Waals surface area contributed by atoms with Crippen LogP contribution >= 0.6 is 0 Å². The molecule has 0 amide bonds. The second-order valence-electron chi connectivity index (χ2n) is 6.62. The van der Waals surface area contributed by atoms with Crippen molar-refractivity contribution < 1.29 is 33.3 Å². The average molecular weight is 401 g/mol. The Morgan fingerprint density at radius 1 is 1.10 bits per heavy atom. The number of carbonyl (C=O) groups excluding carboxylic acids is 3. The SMILES string of the molecule is CCOC(=O)c1c(C)[nH]c(C(=O)[C@H](C)OC(=O)c2ccc3c(c2)OCCO3)c1C. The van der Waals surface area contributed by atoms with Crippen LogP contribution in [0, 0.1) is 13.8 Å². The summed E-state index contributed by atoms with van der Waals surface area (Å²) >= 11 is 0. The molecule has 0 aliphatic carbocycles. The molecule has 1 aliphatic heterocycles. The monoisotopic (exact) mass is 401 g/mol. The third-order valence-corrected chi connectivity index (χ3v) is 4.59. The van der Waals surface area contributed by atoms with E-state index in [4.69, 9.17) is 18.9 Å². The topological polar surface area (TPSA) is 104 Å². The number of aromatic amines is 1. The van der Waals surface area contributed by atoms with E-state index in [0.717, 1.165) is 0 Å². The Labute approximate surface area is 168 Å². The molecule has 0 bridgehead atoms. The molecule has 0 saturated carbocycles. The van der Waals surface area contributed by atoms with Gasteiger partial charge < -0.3 is 23.9 Å². The molecule has 8 nitrogen and oxygen atoms in total. The van der Waals surface area contributed by atoms with Crippen molar-refractivity contribution >= 4 is 17.7 Å². The zero-order valence-electron chi connectivity index (χ0n) is 16.8. The van der Waals surface area contributed by atoms with Gasteiger partial charge in [0.25, 0.3) is 0 Å². The molecule has 0 radical (unpaired) electrons. The number of esters is 2. The lowest BCUT2D eigenvalue weighted by Gasteiger charge is -2.19. The van der Waals surface area contributed by atoms with Gasteiger partial charge in [0.05, 0.1) is 23.4 Å². The van der Waals surface area contributed by atoms with E-state index < -0.39 is 23.8 Å². The zero-order valence-corrected chi connectivity index (χ0v) is 16.8. The molecule has 1 aromatic heterocycles. The van der Waals surface area contributed by atoms with E-state index in [9.17, 15) is 14.4 Å². The van der Waals surface area contributed by atoms with E-state index in [2.05, 4.69) is 4.98 Å². The molecule has 2 heterocycles. The highest BCUT2D eigenvalue weighted by atomic mass is 16.6. The van der Waals surface area contributed by atoms with Crippen molar-refractivity contribution in [2.24, 2.45) is 0 Å². The van der Waals surface area contributed by atoms with Crippen LogP contribution in [-0.2, 0) is 9.47 Å². The number of ether oxygens (including phenoxy) is 4. The highest BCUT2D eigenvalue weighted by Crippen LogP contribution is 2.31. The lowest BCUT2D eigenvalue weighted by molar-refractivity contribution is 0.0316. The maximum absolute atomic E-state index is 12.8. The number of Topliss-reactive ketones (excluding diaryl/α,β-unsaturated/α-hetero) is 1. The molecule has 2 aromatic rings. The van der Waals surface area contributed by atoms with Gasteiger partial charge in [-0.3, -0.25) is 4.79 Å². The van der Waals surface area contributed by atoms with Gasteiger partial charge in [0.2, 0.25) is 5.78 Å². The third kappa shape index (κ3) is 4.11. The molecule has 29 heavy (non-hydrogen) atoms. The Hall–Kier alpha value is -3.29. The number of hydrogen-bond acceptors (Lipinski definition) is 7. The Morgan fingerprint density at radius 3 is 2.48 bits per heavy atom. The summed E-state index contributed by atoms with van der Waals surface area (Å²) in [6.07, 6.45) is -1.05. The number of hydrogen-bond donors (Lipinski definition) is 1. The van der Waals surface area contributed by atoms with Crippen LogP contribution < -0.4 is 9.47 Å². The molecule has 1 atom stereocenters. The molecule has 0 spiro atoms. The van der Waals surface area contributed by atoms with E-state index >= 15 is 0 Å². The minimum atomic E-state index is -1.05. The number of aryl methyl sites for hydroxylation is 1. The van der Waals surface area contributed by atoms with Crippen LogP contribution in [0.3, 0.4) is 0 Å². The van der Waals surface area contributed by atoms with Crippen molar-refractivity contribution in [1.29, 1.82) is 0 Å². The number of rotatable bonds is 6. The Morgan fingerprint density at radius 2 is 1.79 bits per heavy atom. The number of ketones is 1. The summed E-state index contributed by atoms with van der Waals surface area (Å²) in [5.74, 6) is -0.583. The molecule has 1 aliphatic rings. The lowest BCUT2D eigenvalue weighted by atomic mass is 10.1. The Kier molecular flexibility index (Phi) is 5.91. The molecule has 3 rings (SSSR count). The van der Waals surface area contributed by atoms with Crippen molar-refractivity contribution in [2.75, 3.05) is 19.8 Å². The van der Waals surface area contributed by atoms with Gasteiger partial charge in [-0.2, -0.15) is 0 Å². The van der Waals surface area contributed by atoms with E-state index in [1.54, 1.807) is 32.9 Å². The third-order valence-electron chi connectivity index (χ3n) is 4.59. The quantitative estimate of drug-likeness (QED) is 0.586.